The summed E-state index contributed by atoms with van der Waals surface area (Å²) in [5.74, 6) is 4.26. The van der Waals surface area contributed by atoms with Crippen molar-refractivity contribution in [3.63, 3.8) is 0 Å². The van der Waals surface area contributed by atoms with E-state index in [0.717, 1.165) is 50.9 Å². The molecule has 4 aromatic rings. The minimum absolute atomic E-state index is 0.0327. The van der Waals surface area contributed by atoms with Gasteiger partial charge in [0.2, 0.25) is 0 Å². The molecule has 0 fully saturated rings. The van der Waals surface area contributed by atoms with Crippen LogP contribution in [-0.2, 0) is 23.3 Å². The molecule has 0 aliphatic carbocycles. The molecule has 188 valence electrons. The van der Waals surface area contributed by atoms with E-state index in [2.05, 4.69) is 51.5 Å². The second-order valence-electron chi connectivity index (χ2n) is 10.4. The molecule has 0 spiro atoms. The molecule has 0 atom stereocenters. The van der Waals surface area contributed by atoms with Gasteiger partial charge in [0.25, 0.3) is 0 Å². The van der Waals surface area contributed by atoms with Crippen molar-refractivity contribution in [2.75, 3.05) is 0 Å². The Kier molecular flexibility index (Phi) is 8.12. The fourth-order valence-electron chi connectivity index (χ4n) is 3.18. The molecule has 0 radical (unpaired) electrons. The summed E-state index contributed by atoms with van der Waals surface area (Å²) in [5.41, 5.74) is 2.18. The van der Waals surface area contributed by atoms with E-state index < -0.39 is 0 Å². The molecule has 3 heterocycles. The number of hydrogen-bond acceptors (Lipinski definition) is 7. The number of fused-ring (bicyclic) bond motifs is 1. The summed E-state index contributed by atoms with van der Waals surface area (Å²) >= 11 is 7.21. The number of hydrogen-bond donors (Lipinski definition) is 0. The molecule has 0 saturated carbocycles. The number of oxazole rings is 2. The summed E-state index contributed by atoms with van der Waals surface area (Å²) in [6.07, 6.45) is 0.875. The predicted octanol–water partition coefficient (Wildman–Crippen LogP) is 7.91. The van der Waals surface area contributed by atoms with Gasteiger partial charge in [0.15, 0.2) is 18.1 Å². The first-order chi connectivity index (χ1) is 16.3. The van der Waals surface area contributed by atoms with Crippen molar-refractivity contribution < 1.29 is 18.4 Å². The standard InChI is InChI=1S/C18H19NO3S.C9H14ClNO/c1-11-14(19-17(22-11)18(2,3)4)10-21-15-6-5-12(9-20)16-13(15)7-8-23-16;1-6-7(5-10)11-8(12-6)9(2,3)4/h5-9H,10H2,1-4H3;5H2,1-4H3. The molecule has 0 amide bonds. The normalized spacial score (nSPS) is 11.9. The largest absolute Gasteiger partial charge is 0.486 e. The van der Waals surface area contributed by atoms with Crippen LogP contribution >= 0.6 is 22.9 Å². The molecule has 3 aromatic heterocycles. The summed E-state index contributed by atoms with van der Waals surface area (Å²) in [6, 6.07) is 5.59. The predicted molar refractivity (Wildman–Crippen MR) is 141 cm³/mol. The number of benzene rings is 1. The topological polar surface area (TPSA) is 78.4 Å². The Hall–Kier alpha value is -2.64. The van der Waals surface area contributed by atoms with Crippen LogP contribution in [0.25, 0.3) is 10.1 Å². The first kappa shape index (κ1) is 27.0. The van der Waals surface area contributed by atoms with Crippen molar-refractivity contribution in [2.24, 2.45) is 0 Å². The van der Waals surface area contributed by atoms with Gasteiger partial charge in [-0.1, -0.05) is 41.5 Å². The number of carbonyl (C=O) groups excluding carboxylic acids is 1. The molecule has 0 unspecified atom stereocenters. The van der Waals surface area contributed by atoms with Crippen LogP contribution in [0.5, 0.6) is 5.75 Å². The highest BCUT2D eigenvalue weighted by molar-refractivity contribution is 7.17. The summed E-state index contributed by atoms with van der Waals surface area (Å²) in [5, 5.41) is 2.92. The summed E-state index contributed by atoms with van der Waals surface area (Å²) in [4.78, 5) is 19.9. The molecule has 35 heavy (non-hydrogen) atoms. The van der Waals surface area contributed by atoms with Gasteiger partial charge in [0.1, 0.15) is 29.6 Å². The quantitative estimate of drug-likeness (QED) is 0.198. The van der Waals surface area contributed by atoms with Gasteiger partial charge in [-0.05, 0) is 37.4 Å². The van der Waals surface area contributed by atoms with E-state index in [0.29, 0.717) is 23.9 Å². The highest BCUT2D eigenvalue weighted by atomic mass is 35.5. The molecular weight excluding hydrogens is 484 g/mol. The molecule has 4 rings (SSSR count). The average molecular weight is 517 g/mol. The van der Waals surface area contributed by atoms with Crippen LogP contribution in [0.15, 0.2) is 32.4 Å². The molecule has 8 heteroatoms. The molecule has 6 nitrogen and oxygen atoms in total. The van der Waals surface area contributed by atoms with Crippen molar-refractivity contribution in [3.8, 4) is 5.75 Å². The number of aryl methyl sites for hydroxylation is 2. The number of alkyl halides is 1. The maximum absolute atomic E-state index is 11.1. The van der Waals surface area contributed by atoms with Crippen molar-refractivity contribution in [1.29, 1.82) is 0 Å². The number of thiophene rings is 1. The van der Waals surface area contributed by atoms with E-state index in [1.807, 2.05) is 31.4 Å². The second kappa shape index (κ2) is 10.5. The first-order valence-corrected chi connectivity index (χ1v) is 12.8. The average Bonchev–Trinajstić information content (AvgIpc) is 3.50. The smallest absolute Gasteiger partial charge is 0.200 e. The monoisotopic (exact) mass is 516 g/mol. The Labute approximate surface area is 215 Å². The van der Waals surface area contributed by atoms with Gasteiger partial charge in [-0.15, -0.1) is 22.9 Å². The summed E-state index contributed by atoms with van der Waals surface area (Å²) < 4.78 is 18.1. The SMILES string of the molecule is Cc1oc(C(C)(C)C)nc1CCl.Cc1oc(C(C)(C)C)nc1COc1ccc(C=O)c2sccc12. The van der Waals surface area contributed by atoms with E-state index in [4.69, 9.17) is 25.2 Å². The van der Waals surface area contributed by atoms with Crippen LogP contribution in [0, 0.1) is 13.8 Å². The Bertz CT molecular complexity index is 1310. The molecular formula is C27H33ClN2O4S. The zero-order chi connectivity index (χ0) is 26.0. The Morgan fingerprint density at radius 3 is 2.00 bits per heavy atom. The zero-order valence-corrected chi connectivity index (χ0v) is 23.2. The van der Waals surface area contributed by atoms with Crippen LogP contribution < -0.4 is 4.74 Å². The maximum Gasteiger partial charge on any atom is 0.200 e. The summed E-state index contributed by atoms with van der Waals surface area (Å²) in [6.45, 7) is 16.5. The lowest BCUT2D eigenvalue weighted by molar-refractivity contribution is 0.112. The van der Waals surface area contributed by atoms with Gasteiger partial charge < -0.3 is 13.6 Å². The van der Waals surface area contributed by atoms with Crippen LogP contribution in [0.2, 0.25) is 0 Å². The fraction of sp³-hybridized carbons (Fsp3) is 0.444. The minimum Gasteiger partial charge on any atom is -0.486 e. The van der Waals surface area contributed by atoms with E-state index >= 15 is 0 Å². The highest BCUT2D eigenvalue weighted by Gasteiger charge is 2.23. The van der Waals surface area contributed by atoms with Crippen LogP contribution in [-0.4, -0.2) is 16.3 Å². The number of carbonyl (C=O) groups is 1. The molecule has 0 aliphatic heterocycles. The lowest BCUT2D eigenvalue weighted by Gasteiger charge is -2.12. The first-order valence-electron chi connectivity index (χ1n) is 11.4. The van der Waals surface area contributed by atoms with Crippen LogP contribution in [0.1, 0.15) is 86.6 Å². The fourth-order valence-corrected chi connectivity index (χ4v) is 4.31. The number of halogens is 1. The third-order valence-corrected chi connectivity index (χ3v) is 6.51. The lowest BCUT2D eigenvalue weighted by atomic mass is 9.97. The third kappa shape index (κ3) is 6.33. The number of ether oxygens (including phenoxy) is 1. The minimum atomic E-state index is -0.130. The van der Waals surface area contributed by atoms with E-state index in [1.54, 1.807) is 6.07 Å². The van der Waals surface area contributed by atoms with Gasteiger partial charge >= 0.3 is 0 Å². The van der Waals surface area contributed by atoms with Gasteiger partial charge in [-0.2, -0.15) is 0 Å². The van der Waals surface area contributed by atoms with Crippen molar-refractivity contribution >= 4 is 39.3 Å². The number of aldehydes is 1. The highest BCUT2D eigenvalue weighted by Crippen LogP contribution is 2.33. The number of rotatable bonds is 5. The molecule has 0 saturated heterocycles. The molecule has 0 N–H and O–H groups in total. The number of nitrogens with zero attached hydrogens (tertiary/aromatic N) is 2. The van der Waals surface area contributed by atoms with Crippen LogP contribution in [0.4, 0.5) is 0 Å². The van der Waals surface area contributed by atoms with Crippen molar-refractivity contribution in [2.45, 2.75) is 78.7 Å². The Morgan fingerprint density at radius 2 is 1.51 bits per heavy atom. The van der Waals surface area contributed by atoms with Crippen LogP contribution in [0.3, 0.4) is 0 Å². The molecule has 0 aliphatic rings. The third-order valence-electron chi connectivity index (χ3n) is 5.29. The van der Waals surface area contributed by atoms with Crippen molar-refractivity contribution in [3.05, 3.63) is 63.8 Å². The van der Waals surface area contributed by atoms with Gasteiger partial charge in [0, 0.05) is 26.5 Å². The molecule has 1 aromatic carbocycles. The lowest BCUT2D eigenvalue weighted by Crippen LogP contribution is -2.11. The van der Waals surface area contributed by atoms with E-state index in [1.165, 1.54) is 11.3 Å². The number of aromatic nitrogens is 2. The Balaban J connectivity index is 0.000000241. The van der Waals surface area contributed by atoms with Gasteiger partial charge in [0.05, 0.1) is 11.6 Å². The van der Waals surface area contributed by atoms with E-state index in [-0.39, 0.29) is 10.8 Å². The van der Waals surface area contributed by atoms with Gasteiger partial charge in [-0.3, -0.25) is 4.79 Å². The summed E-state index contributed by atoms with van der Waals surface area (Å²) in [7, 11) is 0. The second-order valence-corrected chi connectivity index (χ2v) is 11.6. The van der Waals surface area contributed by atoms with Crippen molar-refractivity contribution in [1.82, 2.24) is 9.97 Å². The van der Waals surface area contributed by atoms with E-state index in [9.17, 15) is 4.79 Å². The Morgan fingerprint density at radius 1 is 0.943 bits per heavy atom. The zero-order valence-electron chi connectivity index (χ0n) is 21.6. The molecule has 0 bridgehead atoms. The maximum atomic E-state index is 11.1. The van der Waals surface area contributed by atoms with Gasteiger partial charge in [-0.25, -0.2) is 9.97 Å².